The number of likely N-dealkylation sites (tertiary alicyclic amines) is 3. The van der Waals surface area contributed by atoms with Gasteiger partial charge in [0.15, 0.2) is 17.1 Å². The average molecular weight is 1150 g/mol. The van der Waals surface area contributed by atoms with Crippen molar-refractivity contribution in [1.82, 2.24) is 54.8 Å². The number of aromatic nitrogens is 6. The van der Waals surface area contributed by atoms with Gasteiger partial charge in [-0.15, -0.1) is 11.3 Å². The van der Waals surface area contributed by atoms with Crippen LogP contribution in [-0.4, -0.2) is 148 Å². The summed E-state index contributed by atoms with van der Waals surface area (Å²) in [5, 5.41) is 38.3. The van der Waals surface area contributed by atoms with E-state index < -0.39 is 23.7 Å². The molecule has 3 aromatic carbocycles. The number of fused-ring (bicyclic) bond motifs is 1. The molecule has 20 heteroatoms. The Morgan fingerprint density at radius 3 is 2.27 bits per heavy atom. The molecule has 4 N–H and O–H groups in total. The number of anilines is 1. The summed E-state index contributed by atoms with van der Waals surface area (Å²) in [5.74, 6) is 0.568. The second kappa shape index (κ2) is 24.6. The summed E-state index contributed by atoms with van der Waals surface area (Å²) in [7, 11) is 1.82. The van der Waals surface area contributed by atoms with Crippen LogP contribution in [0.5, 0.6) is 0 Å². The van der Waals surface area contributed by atoms with Crippen molar-refractivity contribution in [2.45, 2.75) is 128 Å². The van der Waals surface area contributed by atoms with Gasteiger partial charge in [-0.25, -0.2) is 9.97 Å². The van der Waals surface area contributed by atoms with E-state index in [1.54, 1.807) is 16.0 Å². The van der Waals surface area contributed by atoms with Crippen molar-refractivity contribution in [3.05, 3.63) is 135 Å². The molecular weight excluding hydrogens is 1070 g/mol. The first-order valence-electron chi connectivity index (χ1n) is 29.5. The summed E-state index contributed by atoms with van der Waals surface area (Å²) in [6.07, 6.45) is 4.05. The molecule has 4 aromatic heterocycles. The molecule has 11 rings (SSSR count). The Hall–Kier alpha value is -7.10. The highest BCUT2D eigenvalue weighted by Gasteiger charge is 2.44. The summed E-state index contributed by atoms with van der Waals surface area (Å²) in [5.41, 5.74) is 8.09. The maximum Gasteiger partial charge on any atom is 0.281 e. The third-order valence-electron chi connectivity index (χ3n) is 17.8. The molecule has 5 atom stereocenters. The number of carbonyl (C=O) groups is 3. The third kappa shape index (κ3) is 12.7. The fraction of sp³-hybridized carbons (Fsp3) is 0.492. The Kier molecular flexibility index (Phi) is 17.1. The number of aliphatic hydroxyl groups is 2. The quantitative estimate of drug-likeness (QED) is 0.0639. The molecule has 4 saturated heterocycles. The lowest BCUT2D eigenvalue weighted by molar-refractivity contribution is -0.141. The van der Waals surface area contributed by atoms with Gasteiger partial charge >= 0.3 is 0 Å². The summed E-state index contributed by atoms with van der Waals surface area (Å²) >= 11 is 1.59. The maximum atomic E-state index is 14.4. The zero-order valence-electron chi connectivity index (χ0n) is 48.5. The number of thiazole rings is 1. The van der Waals surface area contributed by atoms with E-state index in [1.807, 2.05) is 118 Å². The van der Waals surface area contributed by atoms with Crippen molar-refractivity contribution in [1.29, 1.82) is 0 Å². The topological polar surface area (TPSA) is 220 Å². The van der Waals surface area contributed by atoms with Crippen LogP contribution in [0.4, 0.5) is 5.82 Å². The number of nitrogens with zero attached hydrogens (tertiary/aromatic N) is 10. The number of amides is 3. The Labute approximate surface area is 488 Å². The second-order valence-corrected chi connectivity index (χ2v) is 25.1. The van der Waals surface area contributed by atoms with E-state index in [9.17, 15) is 29.4 Å². The molecule has 0 saturated carbocycles. The fourth-order valence-electron chi connectivity index (χ4n) is 12.8. The summed E-state index contributed by atoms with van der Waals surface area (Å²) in [6, 6.07) is 27.6. The van der Waals surface area contributed by atoms with Gasteiger partial charge in [-0.1, -0.05) is 105 Å². The van der Waals surface area contributed by atoms with E-state index in [-0.39, 0.29) is 66.2 Å². The number of hydrogen-bond acceptors (Lipinski definition) is 15. The molecule has 0 spiro atoms. The third-order valence-corrected chi connectivity index (χ3v) is 18.8. The normalized spacial score (nSPS) is 20.0. The van der Waals surface area contributed by atoms with Gasteiger partial charge in [-0.3, -0.25) is 33.3 Å². The number of piperidine rings is 2. The highest BCUT2D eigenvalue weighted by molar-refractivity contribution is 7.13. The SMILES string of the molecule is Cc1ncsc1-c1ccc([C@H](C)NC(=O)[C@@H]2C[C@@H](O)CN2C(=O)[C@@H](c2cc(N3CCC(CN4CC(NCc5ccc(-c6c7ncn(CC8(O)CCN(C(=O)C[C@@H](C)c9ccccc9)CC8)c(=O)c7nn6C)cc5)C4)CC3)no2)C(C)C)cc1. The first-order chi connectivity index (χ1) is 40.0. The monoisotopic (exact) mass is 1150 g/mol. The van der Waals surface area contributed by atoms with E-state index in [2.05, 4.69) is 54.7 Å². The smallest absolute Gasteiger partial charge is 0.281 e. The first-order valence-corrected chi connectivity index (χ1v) is 30.4. The van der Waals surface area contributed by atoms with Crippen LogP contribution < -0.4 is 21.1 Å². The number of carbonyl (C=O) groups excluding carboxylic acids is 3. The zero-order chi connectivity index (χ0) is 58.1. The number of aliphatic hydroxyl groups excluding tert-OH is 1. The molecule has 3 amide bonds. The second-order valence-electron chi connectivity index (χ2n) is 24.2. The summed E-state index contributed by atoms with van der Waals surface area (Å²) in [6.45, 7) is 16.3. The van der Waals surface area contributed by atoms with Crippen molar-refractivity contribution in [3.63, 3.8) is 0 Å². The minimum absolute atomic E-state index is 0.0738. The standard InChI is InChI=1S/C63H78N12O7S/c1-39(2)55(61(79)75-35-50(76)29-51(75)60(78)67-41(4)46-16-18-48(19-17-46)59-42(5)66-38-83-59)52-30-53(69-82-52)72-24-20-44(21-25-72)32-71-33-49(34-71)64-31-43-12-14-47(15-13-43)58-56-57(68-70(58)6)62(80)74(37-65-56)36-63(81)22-26-73(27-23-63)54(77)28-40(3)45-10-8-7-9-11-45/h7-19,30,37-41,44,49-51,55,64,76,81H,20-29,31-36H2,1-6H3,(H,67,78)/t40-,41+,50-,51+,55-/m1/s1. The molecule has 4 aliphatic rings. The predicted octanol–water partition coefficient (Wildman–Crippen LogP) is 7.03. The first kappa shape index (κ1) is 57.7. The molecule has 0 radical (unpaired) electrons. The zero-order valence-corrected chi connectivity index (χ0v) is 49.3. The van der Waals surface area contributed by atoms with Gasteiger partial charge in [0.05, 0.1) is 52.4 Å². The van der Waals surface area contributed by atoms with E-state index in [0.717, 1.165) is 102 Å². The van der Waals surface area contributed by atoms with Gasteiger partial charge in [0, 0.05) is 96.5 Å². The van der Waals surface area contributed by atoms with Crippen LogP contribution in [0, 0.1) is 18.8 Å². The van der Waals surface area contributed by atoms with E-state index >= 15 is 0 Å². The van der Waals surface area contributed by atoms with Gasteiger partial charge in [0.25, 0.3) is 5.56 Å². The lowest BCUT2D eigenvalue weighted by Crippen LogP contribution is -2.59. The summed E-state index contributed by atoms with van der Waals surface area (Å²) in [4.78, 5) is 73.5. The molecule has 0 aliphatic carbocycles. The van der Waals surface area contributed by atoms with Gasteiger partial charge in [0.2, 0.25) is 17.7 Å². The largest absolute Gasteiger partial charge is 0.391 e. The molecule has 438 valence electrons. The van der Waals surface area contributed by atoms with Crippen molar-refractivity contribution in [3.8, 4) is 21.7 Å². The van der Waals surface area contributed by atoms with Crippen LogP contribution in [0.1, 0.15) is 112 Å². The number of rotatable bonds is 19. The Balaban J connectivity index is 0.613. The average Bonchev–Trinajstić information content (AvgIpc) is 3.04. The molecule has 0 bridgehead atoms. The van der Waals surface area contributed by atoms with Crippen LogP contribution >= 0.6 is 11.3 Å². The number of β-amino-alcohol motifs (C(OH)–C–C–N with tert-alkyl or cyclic N) is 1. The van der Waals surface area contributed by atoms with Gasteiger partial charge < -0.3 is 40.1 Å². The van der Waals surface area contributed by atoms with Gasteiger partial charge in [-0.05, 0) is 79.5 Å². The molecule has 4 aliphatic heterocycles. The maximum absolute atomic E-state index is 14.4. The number of aryl methyl sites for hydroxylation is 2. The molecular formula is C63H78N12O7S. The minimum Gasteiger partial charge on any atom is -0.391 e. The number of benzene rings is 3. The highest BCUT2D eigenvalue weighted by atomic mass is 32.1. The Morgan fingerprint density at radius 1 is 0.867 bits per heavy atom. The van der Waals surface area contributed by atoms with Gasteiger partial charge in [0.1, 0.15) is 17.5 Å². The van der Waals surface area contributed by atoms with Crippen molar-refractivity contribution >= 4 is 45.9 Å². The van der Waals surface area contributed by atoms with Gasteiger partial charge in [-0.2, -0.15) is 5.10 Å². The molecule has 4 fully saturated rings. The van der Waals surface area contributed by atoms with E-state index in [1.165, 1.54) is 15.8 Å². The van der Waals surface area contributed by atoms with Crippen LogP contribution in [0.2, 0.25) is 0 Å². The lowest BCUT2D eigenvalue weighted by atomic mass is 9.90. The van der Waals surface area contributed by atoms with Crippen molar-refractivity contribution in [2.75, 3.05) is 57.3 Å². The molecule has 83 heavy (non-hydrogen) atoms. The van der Waals surface area contributed by atoms with E-state index in [4.69, 9.17) is 9.51 Å². The van der Waals surface area contributed by atoms with Crippen LogP contribution in [0.15, 0.2) is 106 Å². The van der Waals surface area contributed by atoms with Crippen LogP contribution in [0.25, 0.3) is 32.7 Å². The molecule has 19 nitrogen and oxygen atoms in total. The predicted molar refractivity (Wildman–Crippen MR) is 319 cm³/mol. The van der Waals surface area contributed by atoms with Crippen LogP contribution in [-0.2, 0) is 34.5 Å². The lowest BCUT2D eigenvalue weighted by Gasteiger charge is -2.43. The van der Waals surface area contributed by atoms with E-state index in [0.29, 0.717) is 55.6 Å². The van der Waals surface area contributed by atoms with Crippen molar-refractivity contribution in [2.24, 2.45) is 18.9 Å². The number of nitrogens with one attached hydrogen (secondary N) is 2. The highest BCUT2D eigenvalue weighted by Crippen LogP contribution is 2.36. The number of hydrogen-bond donors (Lipinski definition) is 4. The minimum atomic E-state index is -1.15. The Morgan fingerprint density at radius 2 is 1.58 bits per heavy atom. The Bertz CT molecular complexity index is 3450. The summed E-state index contributed by atoms with van der Waals surface area (Å²) < 4.78 is 9.09. The fourth-order valence-corrected chi connectivity index (χ4v) is 13.6. The molecule has 7 aromatic rings. The molecule has 8 heterocycles. The molecule has 0 unspecified atom stereocenters. The van der Waals surface area contributed by atoms with Crippen LogP contribution in [0.3, 0.4) is 0 Å². The van der Waals surface area contributed by atoms with Crippen molar-refractivity contribution < 1.29 is 29.1 Å².